The van der Waals surface area contributed by atoms with Crippen molar-refractivity contribution in [1.29, 1.82) is 0 Å². The molecule has 2 aromatic carbocycles. The quantitative estimate of drug-likeness (QED) is 0.775. The molecule has 1 aliphatic carbocycles. The van der Waals surface area contributed by atoms with Crippen molar-refractivity contribution in [3.8, 4) is 5.75 Å². The Balaban J connectivity index is 2.13. The van der Waals surface area contributed by atoms with Gasteiger partial charge in [0, 0.05) is 11.5 Å². The summed E-state index contributed by atoms with van der Waals surface area (Å²) in [6.07, 6.45) is 1.12. The third-order valence-electron chi connectivity index (χ3n) is 5.28. The van der Waals surface area contributed by atoms with Gasteiger partial charge in [-0.2, -0.15) is 0 Å². The van der Waals surface area contributed by atoms with Crippen LogP contribution in [0.2, 0.25) is 0 Å². The second-order valence-corrected chi connectivity index (χ2v) is 8.03. The van der Waals surface area contributed by atoms with Crippen LogP contribution in [0.3, 0.4) is 0 Å². The van der Waals surface area contributed by atoms with E-state index in [1.54, 1.807) is 0 Å². The zero-order valence-electron chi connectivity index (χ0n) is 14.3. The third-order valence-corrected chi connectivity index (χ3v) is 5.28. The summed E-state index contributed by atoms with van der Waals surface area (Å²) in [5.41, 5.74) is 5.28. The Bertz CT molecular complexity index is 695. The number of phenolic OH excluding ortho intramolecular Hbond substituents is 1. The molecular weight excluding hydrogens is 268 g/mol. The SMILES string of the molecule is CC(c1ccccc1)c1cc2c(cc1O)C(C)(C)CC2(C)C. The van der Waals surface area contributed by atoms with E-state index in [1.807, 2.05) is 12.1 Å². The molecule has 0 saturated heterocycles. The highest BCUT2D eigenvalue weighted by Crippen LogP contribution is 2.51. The Morgan fingerprint density at radius 3 is 2.05 bits per heavy atom. The van der Waals surface area contributed by atoms with E-state index in [9.17, 15) is 5.11 Å². The van der Waals surface area contributed by atoms with Gasteiger partial charge in [0.2, 0.25) is 0 Å². The minimum atomic E-state index is 0.130. The summed E-state index contributed by atoms with van der Waals surface area (Å²) < 4.78 is 0. The molecular formula is C21H26O. The van der Waals surface area contributed by atoms with Crippen molar-refractivity contribution in [2.45, 2.75) is 57.8 Å². The molecule has 0 aromatic heterocycles. The molecule has 3 rings (SSSR count). The maximum atomic E-state index is 10.6. The molecule has 0 saturated carbocycles. The van der Waals surface area contributed by atoms with Crippen LogP contribution in [0.4, 0.5) is 0 Å². The van der Waals surface area contributed by atoms with Crippen LogP contribution in [0.1, 0.15) is 69.2 Å². The standard InChI is InChI=1S/C21H26O/c1-14(15-9-7-6-8-10-15)16-11-17-18(12-19(16)22)21(4,5)13-20(17,2)3/h6-12,14,22H,13H2,1-5H3. The van der Waals surface area contributed by atoms with Crippen LogP contribution in [0.15, 0.2) is 42.5 Å². The summed E-state index contributed by atoms with van der Waals surface area (Å²) in [5.74, 6) is 0.631. The number of fused-ring (bicyclic) bond motifs is 1. The summed E-state index contributed by atoms with van der Waals surface area (Å²) in [4.78, 5) is 0. The Kier molecular flexibility index (Phi) is 3.36. The highest BCUT2D eigenvalue weighted by atomic mass is 16.3. The summed E-state index contributed by atoms with van der Waals surface area (Å²) >= 11 is 0. The van der Waals surface area contributed by atoms with E-state index in [1.165, 1.54) is 16.7 Å². The fraction of sp³-hybridized carbons (Fsp3) is 0.429. The Labute approximate surface area is 134 Å². The van der Waals surface area contributed by atoms with E-state index >= 15 is 0 Å². The van der Waals surface area contributed by atoms with E-state index in [0.29, 0.717) is 5.75 Å². The predicted octanol–water partition coefficient (Wildman–Crippen LogP) is 5.50. The van der Waals surface area contributed by atoms with Crippen LogP contribution < -0.4 is 0 Å². The first kappa shape index (κ1) is 15.1. The largest absolute Gasteiger partial charge is 0.508 e. The van der Waals surface area contributed by atoms with Gasteiger partial charge in [-0.3, -0.25) is 0 Å². The normalized spacial score (nSPS) is 19.7. The van der Waals surface area contributed by atoms with Gasteiger partial charge in [0.25, 0.3) is 0 Å². The van der Waals surface area contributed by atoms with Crippen molar-refractivity contribution in [1.82, 2.24) is 0 Å². The Morgan fingerprint density at radius 1 is 0.909 bits per heavy atom. The zero-order chi connectivity index (χ0) is 16.1. The fourth-order valence-corrected chi connectivity index (χ4v) is 4.29. The van der Waals surface area contributed by atoms with Crippen molar-refractivity contribution in [3.05, 3.63) is 64.7 Å². The first-order valence-corrected chi connectivity index (χ1v) is 8.15. The molecule has 0 fully saturated rings. The maximum absolute atomic E-state index is 10.6. The first-order chi connectivity index (χ1) is 10.2. The first-order valence-electron chi connectivity index (χ1n) is 8.15. The fourth-order valence-electron chi connectivity index (χ4n) is 4.29. The molecule has 0 bridgehead atoms. The van der Waals surface area contributed by atoms with Crippen molar-refractivity contribution in [2.75, 3.05) is 0 Å². The minimum absolute atomic E-state index is 0.130. The molecule has 0 radical (unpaired) electrons. The smallest absolute Gasteiger partial charge is 0.119 e. The second-order valence-electron chi connectivity index (χ2n) is 8.03. The summed E-state index contributed by atoms with van der Waals surface area (Å²) in [6, 6.07) is 14.7. The van der Waals surface area contributed by atoms with Crippen LogP contribution in [0.5, 0.6) is 5.75 Å². The highest BCUT2D eigenvalue weighted by molar-refractivity contribution is 5.54. The van der Waals surface area contributed by atoms with Gasteiger partial charge in [-0.1, -0.05) is 71.0 Å². The van der Waals surface area contributed by atoms with Gasteiger partial charge in [0.05, 0.1) is 0 Å². The minimum Gasteiger partial charge on any atom is -0.508 e. The monoisotopic (exact) mass is 294 g/mol. The molecule has 2 aromatic rings. The van der Waals surface area contributed by atoms with E-state index in [2.05, 4.69) is 65.0 Å². The zero-order valence-corrected chi connectivity index (χ0v) is 14.3. The number of hydrogen-bond acceptors (Lipinski definition) is 1. The van der Waals surface area contributed by atoms with Crippen molar-refractivity contribution in [3.63, 3.8) is 0 Å². The number of benzene rings is 2. The third kappa shape index (κ3) is 2.33. The van der Waals surface area contributed by atoms with Crippen LogP contribution in [-0.4, -0.2) is 5.11 Å². The van der Waals surface area contributed by atoms with Crippen LogP contribution in [-0.2, 0) is 10.8 Å². The van der Waals surface area contributed by atoms with Gasteiger partial charge >= 0.3 is 0 Å². The molecule has 0 heterocycles. The lowest BCUT2D eigenvalue weighted by Gasteiger charge is -2.22. The molecule has 22 heavy (non-hydrogen) atoms. The summed E-state index contributed by atoms with van der Waals surface area (Å²) in [5, 5.41) is 10.6. The molecule has 116 valence electrons. The maximum Gasteiger partial charge on any atom is 0.119 e. The van der Waals surface area contributed by atoms with Gasteiger partial charge < -0.3 is 5.11 Å². The lowest BCUT2D eigenvalue weighted by atomic mass is 9.81. The van der Waals surface area contributed by atoms with Crippen molar-refractivity contribution >= 4 is 0 Å². The molecule has 1 aliphatic rings. The Morgan fingerprint density at radius 2 is 1.45 bits per heavy atom. The number of hydrogen-bond donors (Lipinski definition) is 1. The van der Waals surface area contributed by atoms with Crippen molar-refractivity contribution < 1.29 is 5.11 Å². The van der Waals surface area contributed by atoms with Gasteiger partial charge in [0.15, 0.2) is 0 Å². The predicted molar refractivity (Wildman–Crippen MR) is 92.7 cm³/mol. The average molecular weight is 294 g/mol. The molecule has 1 nitrogen and oxygen atoms in total. The summed E-state index contributed by atoms with van der Waals surface area (Å²) in [7, 11) is 0. The van der Waals surface area contributed by atoms with Crippen molar-refractivity contribution in [2.24, 2.45) is 0 Å². The molecule has 1 unspecified atom stereocenters. The molecule has 0 spiro atoms. The Hall–Kier alpha value is -1.76. The van der Waals surface area contributed by atoms with Crippen LogP contribution in [0.25, 0.3) is 0 Å². The molecule has 1 heteroatoms. The molecule has 1 N–H and O–H groups in total. The number of rotatable bonds is 2. The van der Waals surface area contributed by atoms with E-state index < -0.39 is 0 Å². The van der Waals surface area contributed by atoms with E-state index in [4.69, 9.17) is 0 Å². The van der Waals surface area contributed by atoms with E-state index in [0.717, 1.165) is 12.0 Å². The molecule has 1 atom stereocenters. The molecule has 0 aliphatic heterocycles. The van der Waals surface area contributed by atoms with Gasteiger partial charge in [-0.15, -0.1) is 0 Å². The lowest BCUT2D eigenvalue weighted by molar-refractivity contribution is 0.402. The summed E-state index contributed by atoms with van der Waals surface area (Å²) in [6.45, 7) is 11.4. The lowest BCUT2D eigenvalue weighted by Crippen LogP contribution is -2.18. The van der Waals surface area contributed by atoms with Gasteiger partial charge in [0.1, 0.15) is 5.75 Å². The van der Waals surface area contributed by atoms with Gasteiger partial charge in [-0.25, -0.2) is 0 Å². The van der Waals surface area contributed by atoms with E-state index in [-0.39, 0.29) is 16.7 Å². The average Bonchev–Trinajstić information content (AvgIpc) is 2.63. The van der Waals surface area contributed by atoms with Crippen LogP contribution in [0, 0.1) is 0 Å². The molecule has 0 amide bonds. The van der Waals surface area contributed by atoms with Gasteiger partial charge in [-0.05, 0) is 40.0 Å². The highest BCUT2D eigenvalue weighted by Gasteiger charge is 2.42. The topological polar surface area (TPSA) is 20.2 Å². The van der Waals surface area contributed by atoms with Crippen LogP contribution >= 0.6 is 0 Å². The second kappa shape index (κ2) is 4.87. The number of aromatic hydroxyl groups is 1. The number of phenols is 1.